The lowest BCUT2D eigenvalue weighted by Gasteiger charge is -2.11. The Morgan fingerprint density at radius 3 is 2.14 bits per heavy atom. The molecule has 0 bridgehead atoms. The second-order valence-electron chi connectivity index (χ2n) is 6.45. The van der Waals surface area contributed by atoms with Crippen molar-refractivity contribution in [3.05, 3.63) is 78.5 Å². The summed E-state index contributed by atoms with van der Waals surface area (Å²) in [6.45, 7) is 3.67. The van der Waals surface area contributed by atoms with Gasteiger partial charge in [0.05, 0.1) is 5.56 Å². The summed E-state index contributed by atoms with van der Waals surface area (Å²) in [5, 5.41) is 6.35. The molecule has 0 spiro atoms. The van der Waals surface area contributed by atoms with Crippen LogP contribution in [0.5, 0.6) is 0 Å². The van der Waals surface area contributed by atoms with Crippen LogP contribution in [0.2, 0.25) is 0 Å². The van der Waals surface area contributed by atoms with E-state index in [1.807, 2.05) is 44.2 Å². The number of amides is 2. The van der Waals surface area contributed by atoms with Crippen LogP contribution >= 0.6 is 11.8 Å². The van der Waals surface area contributed by atoms with E-state index < -0.39 is 0 Å². The summed E-state index contributed by atoms with van der Waals surface area (Å²) in [6.07, 6.45) is 1.67. The highest BCUT2D eigenvalue weighted by atomic mass is 32.2. The highest BCUT2D eigenvalue weighted by Crippen LogP contribution is 2.28. The molecule has 3 rings (SSSR count). The predicted octanol–water partition coefficient (Wildman–Crippen LogP) is 5.08. The Labute approximate surface area is 168 Å². The number of benzene rings is 2. The Morgan fingerprint density at radius 2 is 1.50 bits per heavy atom. The van der Waals surface area contributed by atoms with Gasteiger partial charge in [0.2, 0.25) is 5.91 Å². The molecule has 0 aliphatic heterocycles. The first-order chi connectivity index (χ1) is 13.5. The van der Waals surface area contributed by atoms with Gasteiger partial charge in [0.1, 0.15) is 5.03 Å². The van der Waals surface area contributed by atoms with Crippen LogP contribution in [-0.4, -0.2) is 16.8 Å². The van der Waals surface area contributed by atoms with Crippen molar-refractivity contribution >= 4 is 35.0 Å². The number of aromatic nitrogens is 1. The van der Waals surface area contributed by atoms with Gasteiger partial charge in [-0.2, -0.15) is 0 Å². The number of nitrogens with one attached hydrogen (secondary N) is 2. The summed E-state index contributed by atoms with van der Waals surface area (Å²) in [5.74, 6) is -0.370. The fourth-order valence-electron chi connectivity index (χ4n) is 2.37. The SMILES string of the molecule is CC(C)C(=O)Nc1ccc(NC(=O)c2cccnc2Sc2ccccc2)cc1. The molecule has 2 N–H and O–H groups in total. The van der Waals surface area contributed by atoms with E-state index in [0.29, 0.717) is 22.0 Å². The summed E-state index contributed by atoms with van der Waals surface area (Å²) in [5.41, 5.74) is 1.85. The van der Waals surface area contributed by atoms with Crippen molar-refractivity contribution in [2.24, 2.45) is 5.92 Å². The summed E-state index contributed by atoms with van der Waals surface area (Å²) in [4.78, 5) is 29.9. The van der Waals surface area contributed by atoms with Crippen LogP contribution in [0.25, 0.3) is 0 Å². The van der Waals surface area contributed by atoms with Crippen molar-refractivity contribution in [3.63, 3.8) is 0 Å². The molecule has 0 unspecified atom stereocenters. The number of hydrogen-bond acceptors (Lipinski definition) is 4. The van der Waals surface area contributed by atoms with E-state index in [2.05, 4.69) is 15.6 Å². The first-order valence-corrected chi connectivity index (χ1v) is 9.75. The molecule has 6 heteroatoms. The lowest BCUT2D eigenvalue weighted by atomic mass is 10.2. The molecule has 1 aromatic heterocycles. The third-order valence-corrected chi connectivity index (χ3v) is 4.93. The van der Waals surface area contributed by atoms with Crippen LogP contribution in [0.1, 0.15) is 24.2 Å². The minimum absolute atomic E-state index is 0.0466. The van der Waals surface area contributed by atoms with E-state index in [0.717, 1.165) is 4.90 Å². The normalized spacial score (nSPS) is 10.5. The molecule has 0 fully saturated rings. The fourth-order valence-corrected chi connectivity index (χ4v) is 3.27. The van der Waals surface area contributed by atoms with Gasteiger partial charge in [-0.05, 0) is 48.5 Å². The zero-order valence-corrected chi connectivity index (χ0v) is 16.5. The molecular formula is C22H21N3O2S. The van der Waals surface area contributed by atoms with E-state index in [1.165, 1.54) is 11.8 Å². The third kappa shape index (κ3) is 5.20. The zero-order valence-electron chi connectivity index (χ0n) is 15.7. The number of carbonyl (C=O) groups excluding carboxylic acids is 2. The lowest BCUT2D eigenvalue weighted by Crippen LogP contribution is -2.17. The van der Waals surface area contributed by atoms with Gasteiger partial charge in [0.15, 0.2) is 0 Å². The first-order valence-electron chi connectivity index (χ1n) is 8.93. The largest absolute Gasteiger partial charge is 0.326 e. The highest BCUT2D eigenvalue weighted by Gasteiger charge is 2.14. The lowest BCUT2D eigenvalue weighted by molar-refractivity contribution is -0.118. The van der Waals surface area contributed by atoms with E-state index in [-0.39, 0.29) is 17.7 Å². The third-order valence-electron chi connectivity index (χ3n) is 3.91. The number of pyridine rings is 1. The molecule has 2 aromatic carbocycles. The van der Waals surface area contributed by atoms with Gasteiger partial charge in [-0.1, -0.05) is 43.8 Å². The average Bonchev–Trinajstić information content (AvgIpc) is 2.70. The standard InChI is InChI=1S/C22H21N3O2S/c1-15(2)20(26)24-16-10-12-17(13-11-16)25-21(27)19-9-6-14-23-22(19)28-18-7-4-3-5-8-18/h3-15H,1-2H3,(H,24,26)(H,25,27). The van der Waals surface area contributed by atoms with E-state index in [1.54, 1.807) is 42.6 Å². The molecule has 0 atom stereocenters. The molecule has 142 valence electrons. The maximum absolute atomic E-state index is 12.7. The van der Waals surface area contributed by atoms with Crippen LogP contribution in [0.3, 0.4) is 0 Å². The highest BCUT2D eigenvalue weighted by molar-refractivity contribution is 7.99. The Bertz CT molecular complexity index is 957. The zero-order chi connectivity index (χ0) is 19.9. The molecule has 2 amide bonds. The van der Waals surface area contributed by atoms with Crippen molar-refractivity contribution in [2.75, 3.05) is 10.6 Å². The van der Waals surface area contributed by atoms with Gasteiger partial charge in [0, 0.05) is 28.4 Å². The molecule has 0 saturated carbocycles. The van der Waals surface area contributed by atoms with Gasteiger partial charge in [-0.3, -0.25) is 9.59 Å². The number of carbonyl (C=O) groups is 2. The van der Waals surface area contributed by atoms with Crippen LogP contribution in [0, 0.1) is 5.92 Å². The van der Waals surface area contributed by atoms with Crippen molar-refractivity contribution in [2.45, 2.75) is 23.8 Å². The van der Waals surface area contributed by atoms with Gasteiger partial charge < -0.3 is 10.6 Å². The second kappa shape index (κ2) is 9.19. The number of anilines is 2. The van der Waals surface area contributed by atoms with Crippen LogP contribution < -0.4 is 10.6 Å². The molecule has 3 aromatic rings. The molecule has 1 heterocycles. The van der Waals surface area contributed by atoms with Gasteiger partial charge >= 0.3 is 0 Å². The maximum Gasteiger partial charge on any atom is 0.258 e. The van der Waals surface area contributed by atoms with E-state index >= 15 is 0 Å². The molecule has 0 aliphatic rings. The van der Waals surface area contributed by atoms with Crippen molar-refractivity contribution in [1.29, 1.82) is 0 Å². The topological polar surface area (TPSA) is 71.1 Å². The van der Waals surface area contributed by atoms with E-state index in [4.69, 9.17) is 0 Å². The Morgan fingerprint density at radius 1 is 0.857 bits per heavy atom. The number of rotatable bonds is 6. The molecule has 0 radical (unpaired) electrons. The summed E-state index contributed by atoms with van der Waals surface area (Å²) in [6, 6.07) is 20.3. The van der Waals surface area contributed by atoms with Crippen LogP contribution in [-0.2, 0) is 4.79 Å². The maximum atomic E-state index is 12.7. The van der Waals surface area contributed by atoms with Crippen LogP contribution in [0.15, 0.2) is 82.8 Å². The van der Waals surface area contributed by atoms with Crippen LogP contribution in [0.4, 0.5) is 11.4 Å². The van der Waals surface area contributed by atoms with Gasteiger partial charge in [-0.15, -0.1) is 0 Å². The van der Waals surface area contributed by atoms with Crippen molar-refractivity contribution in [3.8, 4) is 0 Å². The minimum Gasteiger partial charge on any atom is -0.326 e. The second-order valence-corrected chi connectivity index (χ2v) is 7.51. The predicted molar refractivity (Wildman–Crippen MR) is 113 cm³/mol. The Balaban J connectivity index is 1.70. The molecule has 5 nitrogen and oxygen atoms in total. The quantitative estimate of drug-likeness (QED) is 0.615. The summed E-state index contributed by atoms with van der Waals surface area (Å²) >= 11 is 1.45. The Kier molecular flexibility index (Phi) is 6.45. The first kappa shape index (κ1) is 19.6. The smallest absolute Gasteiger partial charge is 0.258 e. The molecule has 28 heavy (non-hydrogen) atoms. The summed E-state index contributed by atoms with van der Waals surface area (Å²) < 4.78 is 0. The van der Waals surface area contributed by atoms with Gasteiger partial charge in [0.25, 0.3) is 5.91 Å². The Hall–Kier alpha value is -3.12. The average molecular weight is 391 g/mol. The van der Waals surface area contributed by atoms with Crippen molar-refractivity contribution in [1.82, 2.24) is 4.98 Å². The van der Waals surface area contributed by atoms with Gasteiger partial charge in [-0.25, -0.2) is 4.98 Å². The minimum atomic E-state index is -0.231. The van der Waals surface area contributed by atoms with E-state index in [9.17, 15) is 9.59 Å². The number of nitrogens with zero attached hydrogens (tertiary/aromatic N) is 1. The molecule has 0 saturated heterocycles. The number of hydrogen-bond donors (Lipinski definition) is 2. The van der Waals surface area contributed by atoms with Crippen molar-refractivity contribution < 1.29 is 9.59 Å². The fraction of sp³-hybridized carbons (Fsp3) is 0.136. The molecule has 0 aliphatic carbocycles. The molecular weight excluding hydrogens is 370 g/mol. The monoisotopic (exact) mass is 391 g/mol. The summed E-state index contributed by atoms with van der Waals surface area (Å²) in [7, 11) is 0.